The number of carbonyl (C=O) groups excluding carboxylic acids is 1. The van der Waals surface area contributed by atoms with Crippen molar-refractivity contribution in [1.82, 2.24) is 14.5 Å². The molecule has 1 amide bonds. The second-order valence-corrected chi connectivity index (χ2v) is 5.19. The zero-order valence-corrected chi connectivity index (χ0v) is 12.8. The predicted molar refractivity (Wildman–Crippen MR) is 89.0 cm³/mol. The average Bonchev–Trinajstić information content (AvgIpc) is 3.05. The van der Waals surface area contributed by atoms with Crippen LogP contribution in [0.5, 0.6) is 0 Å². The summed E-state index contributed by atoms with van der Waals surface area (Å²) < 4.78 is 1.81. The van der Waals surface area contributed by atoms with E-state index in [0.717, 1.165) is 5.56 Å². The number of hydrogen-bond acceptors (Lipinski definition) is 4. The van der Waals surface area contributed by atoms with Crippen molar-refractivity contribution in [2.45, 2.75) is 12.5 Å². The highest BCUT2D eigenvalue weighted by Crippen LogP contribution is 2.17. The molecule has 0 aliphatic carbocycles. The zero-order valence-electron chi connectivity index (χ0n) is 12.8. The number of hydrogen-bond donors (Lipinski definition) is 1. The van der Waals surface area contributed by atoms with Gasteiger partial charge in [-0.05, 0) is 17.7 Å². The second kappa shape index (κ2) is 7.20. The lowest BCUT2D eigenvalue weighted by Gasteiger charge is -2.12. The Morgan fingerprint density at radius 1 is 1.21 bits per heavy atom. The van der Waals surface area contributed by atoms with Gasteiger partial charge in [-0.3, -0.25) is 9.78 Å². The van der Waals surface area contributed by atoms with Gasteiger partial charge in [0.25, 0.3) is 0 Å². The minimum absolute atomic E-state index is 0.419. The van der Waals surface area contributed by atoms with Crippen molar-refractivity contribution >= 4 is 11.6 Å². The van der Waals surface area contributed by atoms with Crippen LogP contribution in [0, 0.1) is 11.3 Å². The van der Waals surface area contributed by atoms with Gasteiger partial charge in [-0.25, -0.2) is 4.98 Å². The van der Waals surface area contributed by atoms with Crippen molar-refractivity contribution in [1.29, 1.82) is 5.26 Å². The van der Waals surface area contributed by atoms with Gasteiger partial charge >= 0.3 is 0 Å². The number of nitriles is 1. The monoisotopic (exact) mass is 317 g/mol. The van der Waals surface area contributed by atoms with Crippen LogP contribution in [0.25, 0.3) is 0 Å². The lowest BCUT2D eigenvalue weighted by molar-refractivity contribution is -0.116. The zero-order chi connectivity index (χ0) is 16.8. The molecule has 1 atom stereocenters. The number of aromatic nitrogens is 3. The third-order valence-electron chi connectivity index (χ3n) is 3.52. The van der Waals surface area contributed by atoms with Crippen LogP contribution in [-0.4, -0.2) is 20.4 Å². The summed E-state index contributed by atoms with van der Waals surface area (Å²) in [6, 6.07) is 15.3. The molecule has 0 bridgehead atoms. The minimum Gasteiger partial charge on any atom is -0.329 e. The molecule has 0 saturated heterocycles. The van der Waals surface area contributed by atoms with Crippen molar-refractivity contribution < 1.29 is 4.79 Å². The van der Waals surface area contributed by atoms with Crippen molar-refractivity contribution in [2.24, 2.45) is 0 Å². The smallest absolute Gasteiger partial charge is 0.249 e. The van der Waals surface area contributed by atoms with Crippen LogP contribution in [0.3, 0.4) is 0 Å². The highest BCUT2D eigenvalue weighted by Gasteiger charge is 2.25. The van der Waals surface area contributed by atoms with Crippen molar-refractivity contribution in [2.75, 3.05) is 5.32 Å². The highest BCUT2D eigenvalue weighted by atomic mass is 16.1. The Morgan fingerprint density at radius 2 is 2.04 bits per heavy atom. The first-order valence-corrected chi connectivity index (χ1v) is 7.43. The summed E-state index contributed by atoms with van der Waals surface area (Å²) in [5, 5.41) is 12.2. The number of pyridine rings is 1. The number of carbonyl (C=O) groups is 1. The molecule has 0 saturated carbocycles. The summed E-state index contributed by atoms with van der Waals surface area (Å²) in [7, 11) is 0. The first-order chi connectivity index (χ1) is 11.8. The molecule has 1 N–H and O–H groups in total. The molecule has 6 heteroatoms. The Balaban J connectivity index is 1.80. The van der Waals surface area contributed by atoms with E-state index in [4.69, 9.17) is 0 Å². The quantitative estimate of drug-likeness (QED) is 0.784. The molecule has 0 aliphatic rings. The SMILES string of the molecule is N#CC(C(=O)Nc1cccnc1)c1nccn1Cc1ccccc1. The standard InChI is InChI=1S/C18H15N5O/c19-11-16(18(24)22-15-7-4-8-20-12-15)17-21-9-10-23(17)13-14-5-2-1-3-6-14/h1-10,12,16H,13H2,(H,22,24). The van der Waals surface area contributed by atoms with Crippen molar-refractivity contribution in [3.8, 4) is 6.07 Å². The molecule has 6 nitrogen and oxygen atoms in total. The highest BCUT2D eigenvalue weighted by molar-refractivity contribution is 5.97. The summed E-state index contributed by atoms with van der Waals surface area (Å²) in [6.07, 6.45) is 6.51. The van der Waals surface area contributed by atoms with E-state index in [0.29, 0.717) is 18.1 Å². The first kappa shape index (κ1) is 15.4. The van der Waals surface area contributed by atoms with E-state index in [9.17, 15) is 10.1 Å². The van der Waals surface area contributed by atoms with E-state index < -0.39 is 11.8 Å². The Morgan fingerprint density at radius 3 is 2.75 bits per heavy atom. The third kappa shape index (κ3) is 3.47. The van der Waals surface area contributed by atoms with Crippen LogP contribution in [0.2, 0.25) is 0 Å². The van der Waals surface area contributed by atoms with Gasteiger partial charge < -0.3 is 9.88 Å². The lowest BCUT2D eigenvalue weighted by Crippen LogP contribution is -2.23. The number of nitrogens with zero attached hydrogens (tertiary/aromatic N) is 4. The van der Waals surface area contributed by atoms with E-state index in [1.165, 1.54) is 6.20 Å². The Labute approximate surface area is 139 Å². The van der Waals surface area contributed by atoms with Crippen LogP contribution < -0.4 is 5.32 Å². The largest absolute Gasteiger partial charge is 0.329 e. The van der Waals surface area contributed by atoms with E-state index in [1.807, 2.05) is 41.0 Å². The van der Waals surface area contributed by atoms with Gasteiger partial charge in [-0.1, -0.05) is 30.3 Å². The normalized spacial score (nSPS) is 11.5. The lowest BCUT2D eigenvalue weighted by atomic mass is 10.1. The second-order valence-electron chi connectivity index (χ2n) is 5.19. The fourth-order valence-electron chi connectivity index (χ4n) is 2.38. The van der Waals surface area contributed by atoms with Gasteiger partial charge in [0.1, 0.15) is 5.82 Å². The van der Waals surface area contributed by atoms with Crippen LogP contribution in [0.15, 0.2) is 67.3 Å². The van der Waals surface area contributed by atoms with Gasteiger partial charge in [0.05, 0.1) is 18.0 Å². The fourth-order valence-corrected chi connectivity index (χ4v) is 2.38. The minimum atomic E-state index is -0.996. The Bertz CT molecular complexity index is 852. The summed E-state index contributed by atoms with van der Waals surface area (Å²) in [6.45, 7) is 0.550. The Kier molecular flexibility index (Phi) is 4.63. The molecule has 0 radical (unpaired) electrons. The molecule has 3 aromatic rings. The predicted octanol–water partition coefficient (Wildman–Crippen LogP) is 2.57. The van der Waals surface area contributed by atoms with Gasteiger partial charge in [-0.2, -0.15) is 5.26 Å². The van der Waals surface area contributed by atoms with E-state index in [2.05, 4.69) is 15.3 Å². The molecule has 0 aliphatic heterocycles. The van der Waals surface area contributed by atoms with Gasteiger partial charge in [-0.15, -0.1) is 0 Å². The van der Waals surface area contributed by atoms with Crippen LogP contribution in [0.4, 0.5) is 5.69 Å². The third-order valence-corrected chi connectivity index (χ3v) is 3.52. The fraction of sp³-hybridized carbons (Fsp3) is 0.111. The molecule has 1 unspecified atom stereocenters. The first-order valence-electron chi connectivity index (χ1n) is 7.43. The average molecular weight is 317 g/mol. The van der Waals surface area contributed by atoms with Gasteiger partial charge in [0.15, 0.2) is 5.92 Å². The van der Waals surface area contributed by atoms with Crippen LogP contribution >= 0.6 is 0 Å². The Hall–Kier alpha value is -3.46. The maximum atomic E-state index is 12.4. The molecule has 24 heavy (non-hydrogen) atoms. The molecule has 2 heterocycles. The topological polar surface area (TPSA) is 83.6 Å². The maximum absolute atomic E-state index is 12.4. The molecule has 2 aromatic heterocycles. The van der Waals surface area contributed by atoms with Gasteiger partial charge in [0.2, 0.25) is 5.91 Å². The number of rotatable bonds is 5. The molecular formula is C18H15N5O. The van der Waals surface area contributed by atoms with E-state index in [1.54, 1.807) is 30.7 Å². The van der Waals surface area contributed by atoms with Crippen LogP contribution in [-0.2, 0) is 11.3 Å². The molecular weight excluding hydrogens is 302 g/mol. The maximum Gasteiger partial charge on any atom is 0.249 e. The number of imidazole rings is 1. The van der Waals surface area contributed by atoms with Gasteiger partial charge in [0, 0.05) is 25.1 Å². The molecule has 0 fully saturated rings. The number of amides is 1. The summed E-state index contributed by atoms with van der Waals surface area (Å²) in [5.74, 6) is -1.00. The van der Waals surface area contributed by atoms with E-state index in [-0.39, 0.29) is 0 Å². The molecule has 1 aromatic carbocycles. The summed E-state index contributed by atoms with van der Waals surface area (Å²) >= 11 is 0. The summed E-state index contributed by atoms with van der Waals surface area (Å²) in [4.78, 5) is 20.6. The van der Waals surface area contributed by atoms with Crippen molar-refractivity contribution in [3.63, 3.8) is 0 Å². The number of benzene rings is 1. The van der Waals surface area contributed by atoms with Crippen LogP contribution in [0.1, 0.15) is 17.3 Å². The summed E-state index contributed by atoms with van der Waals surface area (Å²) in [5.41, 5.74) is 1.62. The molecule has 118 valence electrons. The van der Waals surface area contributed by atoms with Crippen molar-refractivity contribution in [3.05, 3.63) is 78.6 Å². The molecule has 3 rings (SSSR count). The number of anilines is 1. The molecule has 0 spiro atoms. The number of nitrogens with one attached hydrogen (secondary N) is 1. The van der Waals surface area contributed by atoms with E-state index >= 15 is 0 Å².